The number of anilines is 1. The maximum atomic E-state index is 6.14. The average molecular weight is 260 g/mol. The van der Waals surface area contributed by atoms with Gasteiger partial charge in [-0.05, 0) is 44.5 Å². The Labute approximate surface area is 115 Å². The number of hydrogen-bond acceptors (Lipinski definition) is 3. The lowest BCUT2D eigenvalue weighted by Crippen LogP contribution is -2.42. The van der Waals surface area contributed by atoms with E-state index in [1.54, 1.807) is 0 Å². The molecule has 0 aromatic heterocycles. The Morgan fingerprint density at radius 2 is 2.32 bits per heavy atom. The molecule has 1 fully saturated rings. The van der Waals surface area contributed by atoms with Crippen LogP contribution in [0.4, 0.5) is 5.69 Å². The molecule has 0 radical (unpaired) electrons. The van der Waals surface area contributed by atoms with Gasteiger partial charge in [0.05, 0.1) is 0 Å². The van der Waals surface area contributed by atoms with Gasteiger partial charge in [0.15, 0.2) is 0 Å². The van der Waals surface area contributed by atoms with E-state index in [-0.39, 0.29) is 0 Å². The number of rotatable bonds is 4. The van der Waals surface area contributed by atoms with Crippen LogP contribution in [-0.4, -0.2) is 37.2 Å². The van der Waals surface area contributed by atoms with E-state index in [1.165, 1.54) is 37.1 Å². The third-order valence-corrected chi connectivity index (χ3v) is 4.41. The molecule has 2 aliphatic heterocycles. The van der Waals surface area contributed by atoms with Crippen LogP contribution in [0.1, 0.15) is 31.7 Å². The molecule has 0 spiro atoms. The van der Waals surface area contributed by atoms with E-state index >= 15 is 0 Å². The van der Waals surface area contributed by atoms with Crippen molar-refractivity contribution in [2.45, 2.75) is 38.6 Å². The molecule has 1 unspecified atom stereocenters. The summed E-state index contributed by atoms with van der Waals surface area (Å²) in [6.07, 6.45) is 5.06. The van der Waals surface area contributed by atoms with E-state index in [0.29, 0.717) is 6.04 Å². The lowest BCUT2D eigenvalue weighted by Gasteiger charge is -2.34. The number of likely N-dealkylation sites (N-methyl/N-ethyl adjacent to an activating group) is 1. The highest BCUT2D eigenvalue weighted by atomic mass is 16.5. The molecule has 1 aromatic rings. The Bertz CT molecular complexity index is 433. The first-order chi connectivity index (χ1) is 9.38. The van der Waals surface area contributed by atoms with Crippen LogP contribution in [-0.2, 0) is 6.42 Å². The van der Waals surface area contributed by atoms with E-state index in [4.69, 9.17) is 4.74 Å². The van der Waals surface area contributed by atoms with Crippen molar-refractivity contribution in [1.29, 1.82) is 0 Å². The summed E-state index contributed by atoms with van der Waals surface area (Å²) in [5.41, 5.74) is 2.62. The number of likely N-dealkylation sites (tertiary alicyclic amines) is 1. The van der Waals surface area contributed by atoms with Crippen molar-refractivity contribution >= 4 is 5.69 Å². The van der Waals surface area contributed by atoms with Crippen LogP contribution in [0.15, 0.2) is 18.2 Å². The van der Waals surface area contributed by atoms with Crippen molar-refractivity contribution in [2.24, 2.45) is 0 Å². The Balaban J connectivity index is 1.64. The molecular formula is C16H24N2O. The highest BCUT2D eigenvalue weighted by Gasteiger charge is 2.22. The molecule has 104 valence electrons. The summed E-state index contributed by atoms with van der Waals surface area (Å²) < 4.78 is 6.14. The predicted octanol–water partition coefficient (Wildman–Crippen LogP) is 2.91. The third kappa shape index (κ3) is 2.71. The van der Waals surface area contributed by atoms with Crippen LogP contribution in [0.3, 0.4) is 0 Å². The first-order valence-electron chi connectivity index (χ1n) is 7.61. The minimum absolute atomic E-state index is 0.601. The number of ether oxygens (including phenoxy) is 1. The number of piperidine rings is 1. The number of fused-ring (bicyclic) bond motifs is 1. The van der Waals surface area contributed by atoms with E-state index < -0.39 is 0 Å². The van der Waals surface area contributed by atoms with Crippen LogP contribution in [0.5, 0.6) is 5.75 Å². The lowest BCUT2D eigenvalue weighted by molar-refractivity contribution is 0.105. The maximum Gasteiger partial charge on any atom is 0.124 e. The third-order valence-electron chi connectivity index (χ3n) is 4.41. The largest absolute Gasteiger partial charge is 0.492 e. The normalized spacial score (nSPS) is 22.9. The summed E-state index contributed by atoms with van der Waals surface area (Å²) >= 11 is 0. The zero-order valence-electron chi connectivity index (χ0n) is 11.8. The van der Waals surface area contributed by atoms with Gasteiger partial charge in [-0.2, -0.15) is 0 Å². The molecule has 3 nitrogen and oxygen atoms in total. The molecule has 2 heterocycles. The van der Waals surface area contributed by atoms with Gasteiger partial charge in [-0.25, -0.2) is 0 Å². The number of hydrogen-bond donors (Lipinski definition) is 1. The van der Waals surface area contributed by atoms with E-state index in [9.17, 15) is 0 Å². The molecule has 1 aromatic carbocycles. The molecule has 1 N–H and O–H groups in total. The Kier molecular flexibility index (Phi) is 3.92. The van der Waals surface area contributed by atoms with Gasteiger partial charge >= 0.3 is 0 Å². The topological polar surface area (TPSA) is 24.5 Å². The van der Waals surface area contributed by atoms with Crippen LogP contribution < -0.4 is 10.1 Å². The number of nitrogens with one attached hydrogen (secondary N) is 1. The maximum absolute atomic E-state index is 6.14. The summed E-state index contributed by atoms with van der Waals surface area (Å²) in [7, 11) is 0. The van der Waals surface area contributed by atoms with Crippen molar-refractivity contribution in [2.75, 3.05) is 31.6 Å². The molecule has 0 amide bonds. The highest BCUT2D eigenvalue weighted by molar-refractivity contribution is 5.61. The molecule has 3 rings (SSSR count). The van der Waals surface area contributed by atoms with Gasteiger partial charge in [-0.15, -0.1) is 0 Å². The molecule has 1 saturated heterocycles. The van der Waals surface area contributed by atoms with E-state index in [0.717, 1.165) is 31.9 Å². The lowest BCUT2D eigenvalue weighted by atomic mass is 10.0. The van der Waals surface area contributed by atoms with Crippen molar-refractivity contribution in [3.8, 4) is 5.75 Å². The predicted molar refractivity (Wildman–Crippen MR) is 79.0 cm³/mol. The first kappa shape index (κ1) is 12.8. The van der Waals surface area contributed by atoms with Gasteiger partial charge in [0.1, 0.15) is 12.4 Å². The van der Waals surface area contributed by atoms with E-state index in [1.807, 2.05) is 0 Å². The van der Waals surface area contributed by atoms with Crippen LogP contribution >= 0.6 is 0 Å². The molecule has 1 atom stereocenters. The summed E-state index contributed by atoms with van der Waals surface area (Å²) in [5.74, 6) is 1.09. The Morgan fingerprint density at radius 3 is 3.21 bits per heavy atom. The average Bonchev–Trinajstić information content (AvgIpc) is 2.94. The van der Waals surface area contributed by atoms with Gasteiger partial charge < -0.3 is 10.1 Å². The second-order valence-electron chi connectivity index (χ2n) is 5.55. The van der Waals surface area contributed by atoms with Crippen molar-refractivity contribution in [3.63, 3.8) is 0 Å². The van der Waals surface area contributed by atoms with Gasteiger partial charge in [-0.3, -0.25) is 4.90 Å². The van der Waals surface area contributed by atoms with Crippen LogP contribution in [0.2, 0.25) is 0 Å². The Hall–Kier alpha value is -1.22. The smallest absolute Gasteiger partial charge is 0.124 e. The standard InChI is InChI=1S/C16H24N2O/c1-2-18-11-4-3-6-13(18)12-19-16-8-5-7-15-14(16)9-10-17-15/h5,7-8,13,17H,2-4,6,9-12H2,1H3. The molecule has 0 aliphatic carbocycles. The van der Waals surface area contributed by atoms with Crippen LogP contribution in [0, 0.1) is 0 Å². The second-order valence-corrected chi connectivity index (χ2v) is 5.55. The van der Waals surface area contributed by atoms with Crippen LogP contribution in [0.25, 0.3) is 0 Å². The fraction of sp³-hybridized carbons (Fsp3) is 0.625. The second kappa shape index (κ2) is 5.83. The summed E-state index contributed by atoms with van der Waals surface area (Å²) in [5, 5.41) is 3.41. The monoisotopic (exact) mass is 260 g/mol. The van der Waals surface area contributed by atoms with Crippen molar-refractivity contribution in [1.82, 2.24) is 4.90 Å². The minimum Gasteiger partial charge on any atom is -0.492 e. The molecule has 2 aliphatic rings. The molecule has 0 bridgehead atoms. The fourth-order valence-electron chi connectivity index (χ4n) is 3.30. The van der Waals surface area contributed by atoms with Gasteiger partial charge in [0.25, 0.3) is 0 Å². The zero-order chi connectivity index (χ0) is 13.1. The summed E-state index contributed by atoms with van der Waals surface area (Å²) in [4.78, 5) is 2.56. The Morgan fingerprint density at radius 1 is 1.37 bits per heavy atom. The van der Waals surface area contributed by atoms with E-state index in [2.05, 4.69) is 35.3 Å². The summed E-state index contributed by atoms with van der Waals surface area (Å²) in [6.45, 7) is 6.51. The summed E-state index contributed by atoms with van der Waals surface area (Å²) in [6, 6.07) is 6.95. The minimum atomic E-state index is 0.601. The first-order valence-corrected chi connectivity index (χ1v) is 7.61. The van der Waals surface area contributed by atoms with Gasteiger partial charge in [0, 0.05) is 23.8 Å². The fourth-order valence-corrected chi connectivity index (χ4v) is 3.30. The molecular weight excluding hydrogens is 236 g/mol. The van der Waals surface area contributed by atoms with Gasteiger partial charge in [0.2, 0.25) is 0 Å². The van der Waals surface area contributed by atoms with Crippen molar-refractivity contribution < 1.29 is 4.74 Å². The van der Waals surface area contributed by atoms with Crippen molar-refractivity contribution in [3.05, 3.63) is 23.8 Å². The SMILES string of the molecule is CCN1CCCCC1COc1cccc2c1CCN2. The zero-order valence-corrected chi connectivity index (χ0v) is 11.8. The quantitative estimate of drug-likeness (QED) is 0.901. The number of benzene rings is 1. The molecule has 0 saturated carbocycles. The molecule has 3 heteroatoms. The number of nitrogens with zero attached hydrogens (tertiary/aromatic N) is 1. The highest BCUT2D eigenvalue weighted by Crippen LogP contribution is 2.31. The van der Waals surface area contributed by atoms with Gasteiger partial charge in [-0.1, -0.05) is 19.4 Å². The molecule has 19 heavy (non-hydrogen) atoms.